The summed E-state index contributed by atoms with van der Waals surface area (Å²) in [6.45, 7) is 4.73. The monoisotopic (exact) mass is 370 g/mol. The summed E-state index contributed by atoms with van der Waals surface area (Å²) in [6.07, 6.45) is 5.37. The molecule has 3 heterocycles. The Morgan fingerprint density at radius 1 is 1.00 bits per heavy atom. The molecule has 5 heteroatoms. The number of fused-ring (bicyclic) bond motifs is 1. The normalized spacial score (nSPS) is 12.1. The lowest BCUT2D eigenvalue weighted by Crippen LogP contribution is -2.30. The Balaban J connectivity index is 1.94. The van der Waals surface area contributed by atoms with E-state index in [9.17, 15) is 5.11 Å². The third kappa shape index (κ3) is 3.27. The van der Waals surface area contributed by atoms with Crippen LogP contribution in [0.2, 0.25) is 0 Å². The van der Waals surface area contributed by atoms with Crippen LogP contribution in [0.3, 0.4) is 0 Å². The van der Waals surface area contributed by atoms with E-state index in [0.717, 1.165) is 34.6 Å². The molecule has 28 heavy (non-hydrogen) atoms. The lowest BCUT2D eigenvalue weighted by molar-refractivity contribution is 0.468. The van der Waals surface area contributed by atoms with Crippen LogP contribution in [0, 0.1) is 6.92 Å². The number of hydrogen-bond donors (Lipinski definition) is 1. The third-order valence-electron chi connectivity index (χ3n) is 4.90. The molecular formula is C23H22N4O. The van der Waals surface area contributed by atoms with Gasteiger partial charge in [0.25, 0.3) is 0 Å². The van der Waals surface area contributed by atoms with E-state index in [-0.39, 0.29) is 11.8 Å². The zero-order valence-corrected chi connectivity index (χ0v) is 15.9. The average molecular weight is 370 g/mol. The molecule has 1 atom stereocenters. The summed E-state index contributed by atoms with van der Waals surface area (Å²) >= 11 is 0. The standard InChI is InChI=1S/C23H22N4O/c1-3-27(20-8-4-5-14-25-20)22(18-7-6-13-24-15-18)19-12-11-17-10-9-16(2)26-21(17)23(19)28/h4-15,22,28H,3H2,1-2H3. The molecule has 140 valence electrons. The van der Waals surface area contributed by atoms with Gasteiger partial charge < -0.3 is 10.0 Å². The van der Waals surface area contributed by atoms with E-state index in [0.29, 0.717) is 5.52 Å². The number of rotatable bonds is 5. The van der Waals surface area contributed by atoms with Crippen molar-refractivity contribution in [2.45, 2.75) is 19.9 Å². The van der Waals surface area contributed by atoms with Gasteiger partial charge in [0.15, 0.2) is 0 Å². The summed E-state index contributed by atoms with van der Waals surface area (Å²) in [5.41, 5.74) is 3.25. The molecule has 0 amide bonds. The number of aromatic nitrogens is 3. The highest BCUT2D eigenvalue weighted by Gasteiger charge is 2.26. The topological polar surface area (TPSA) is 62.1 Å². The number of aromatic hydroxyl groups is 1. The van der Waals surface area contributed by atoms with Crippen LogP contribution in [0.1, 0.15) is 29.8 Å². The molecule has 4 aromatic rings. The second-order valence-corrected chi connectivity index (χ2v) is 6.69. The van der Waals surface area contributed by atoms with Gasteiger partial charge in [-0.25, -0.2) is 9.97 Å². The van der Waals surface area contributed by atoms with Crippen molar-refractivity contribution < 1.29 is 5.11 Å². The number of nitrogens with zero attached hydrogens (tertiary/aromatic N) is 4. The first-order chi connectivity index (χ1) is 13.7. The van der Waals surface area contributed by atoms with Crippen LogP contribution < -0.4 is 4.90 Å². The van der Waals surface area contributed by atoms with Gasteiger partial charge in [-0.15, -0.1) is 0 Å². The van der Waals surface area contributed by atoms with Gasteiger partial charge in [-0.3, -0.25) is 4.98 Å². The van der Waals surface area contributed by atoms with Crippen molar-refractivity contribution in [3.63, 3.8) is 0 Å². The van der Waals surface area contributed by atoms with Gasteiger partial charge >= 0.3 is 0 Å². The summed E-state index contributed by atoms with van der Waals surface area (Å²) in [7, 11) is 0. The molecular weight excluding hydrogens is 348 g/mol. The summed E-state index contributed by atoms with van der Waals surface area (Å²) in [5, 5.41) is 12.1. The summed E-state index contributed by atoms with van der Waals surface area (Å²) < 4.78 is 0. The molecule has 0 radical (unpaired) electrons. The molecule has 0 saturated carbocycles. The second-order valence-electron chi connectivity index (χ2n) is 6.69. The van der Waals surface area contributed by atoms with Crippen molar-refractivity contribution in [2.24, 2.45) is 0 Å². The lowest BCUT2D eigenvalue weighted by Gasteiger charge is -2.33. The molecule has 0 aliphatic carbocycles. The van der Waals surface area contributed by atoms with Crippen molar-refractivity contribution in [2.75, 3.05) is 11.4 Å². The molecule has 0 spiro atoms. The van der Waals surface area contributed by atoms with E-state index >= 15 is 0 Å². The molecule has 5 nitrogen and oxygen atoms in total. The Labute approximate surface area is 164 Å². The first kappa shape index (κ1) is 17.9. The van der Waals surface area contributed by atoms with Crippen LogP contribution in [0.25, 0.3) is 10.9 Å². The molecule has 0 fully saturated rings. The van der Waals surface area contributed by atoms with Crippen LogP contribution in [0.15, 0.2) is 73.2 Å². The smallest absolute Gasteiger partial charge is 0.147 e. The zero-order chi connectivity index (χ0) is 19.5. The van der Waals surface area contributed by atoms with Crippen LogP contribution in [0.5, 0.6) is 5.75 Å². The van der Waals surface area contributed by atoms with Crippen LogP contribution in [-0.4, -0.2) is 26.6 Å². The van der Waals surface area contributed by atoms with E-state index in [1.807, 2.05) is 67.7 Å². The SMILES string of the molecule is CCN(c1ccccn1)C(c1cccnc1)c1ccc2ccc(C)nc2c1O. The average Bonchev–Trinajstić information content (AvgIpc) is 2.74. The maximum absolute atomic E-state index is 11.2. The van der Waals surface area contributed by atoms with E-state index in [1.165, 1.54) is 0 Å². The first-order valence-corrected chi connectivity index (χ1v) is 9.36. The van der Waals surface area contributed by atoms with Crippen molar-refractivity contribution in [3.8, 4) is 5.75 Å². The maximum Gasteiger partial charge on any atom is 0.147 e. The Hall–Kier alpha value is -3.47. The maximum atomic E-state index is 11.2. The van der Waals surface area contributed by atoms with Gasteiger partial charge in [0.2, 0.25) is 0 Å². The van der Waals surface area contributed by atoms with E-state index in [1.54, 1.807) is 12.4 Å². The molecule has 1 unspecified atom stereocenters. The fourth-order valence-corrected chi connectivity index (χ4v) is 3.57. The zero-order valence-electron chi connectivity index (χ0n) is 15.9. The Kier molecular flexibility index (Phi) is 4.89. The fraction of sp³-hybridized carbons (Fsp3) is 0.174. The Bertz CT molecular complexity index is 1080. The van der Waals surface area contributed by atoms with Gasteiger partial charge in [0, 0.05) is 41.8 Å². The largest absolute Gasteiger partial charge is 0.505 e. The highest BCUT2D eigenvalue weighted by atomic mass is 16.3. The lowest BCUT2D eigenvalue weighted by atomic mass is 9.95. The van der Waals surface area contributed by atoms with E-state index in [2.05, 4.69) is 26.8 Å². The van der Waals surface area contributed by atoms with Crippen LogP contribution >= 0.6 is 0 Å². The van der Waals surface area contributed by atoms with Crippen molar-refractivity contribution in [1.29, 1.82) is 0 Å². The highest BCUT2D eigenvalue weighted by Crippen LogP contribution is 2.39. The van der Waals surface area contributed by atoms with E-state index in [4.69, 9.17) is 0 Å². The van der Waals surface area contributed by atoms with Crippen molar-refractivity contribution >= 4 is 16.7 Å². The van der Waals surface area contributed by atoms with Crippen molar-refractivity contribution in [3.05, 3.63) is 90.0 Å². The molecule has 3 aromatic heterocycles. The minimum Gasteiger partial charge on any atom is -0.505 e. The summed E-state index contributed by atoms with van der Waals surface area (Å²) in [4.78, 5) is 15.6. The number of aryl methyl sites for hydroxylation is 1. The van der Waals surface area contributed by atoms with Crippen LogP contribution in [-0.2, 0) is 0 Å². The van der Waals surface area contributed by atoms with Gasteiger partial charge in [-0.05, 0) is 43.7 Å². The Morgan fingerprint density at radius 3 is 2.57 bits per heavy atom. The minimum atomic E-state index is -0.236. The summed E-state index contributed by atoms with van der Waals surface area (Å²) in [5.74, 6) is 1.04. The quantitative estimate of drug-likeness (QED) is 0.554. The number of anilines is 1. The molecule has 0 bridgehead atoms. The van der Waals surface area contributed by atoms with Gasteiger partial charge in [0.05, 0.1) is 6.04 Å². The van der Waals surface area contributed by atoms with E-state index < -0.39 is 0 Å². The number of hydrogen-bond acceptors (Lipinski definition) is 5. The number of pyridine rings is 3. The predicted molar refractivity (Wildman–Crippen MR) is 111 cm³/mol. The number of benzene rings is 1. The molecule has 0 aliphatic rings. The molecule has 0 aliphatic heterocycles. The number of phenolic OH excluding ortho intramolecular Hbond substituents is 1. The van der Waals surface area contributed by atoms with Crippen molar-refractivity contribution in [1.82, 2.24) is 15.0 Å². The second kappa shape index (κ2) is 7.64. The molecule has 4 rings (SSSR count). The first-order valence-electron chi connectivity index (χ1n) is 9.36. The summed E-state index contributed by atoms with van der Waals surface area (Å²) in [6, 6.07) is 17.5. The van der Waals surface area contributed by atoms with Gasteiger partial charge in [-0.1, -0.05) is 30.3 Å². The molecule has 0 saturated heterocycles. The minimum absolute atomic E-state index is 0.199. The van der Waals surface area contributed by atoms with Crippen LogP contribution in [0.4, 0.5) is 5.82 Å². The van der Waals surface area contributed by atoms with Gasteiger partial charge in [-0.2, -0.15) is 0 Å². The molecule has 1 aromatic carbocycles. The van der Waals surface area contributed by atoms with Gasteiger partial charge in [0.1, 0.15) is 17.1 Å². The number of phenols is 1. The third-order valence-corrected chi connectivity index (χ3v) is 4.90. The molecule has 1 N–H and O–H groups in total. The predicted octanol–water partition coefficient (Wildman–Crippen LogP) is 4.65. The highest BCUT2D eigenvalue weighted by molar-refractivity contribution is 5.86. The Morgan fingerprint density at radius 2 is 1.86 bits per heavy atom. The fourth-order valence-electron chi connectivity index (χ4n) is 3.57.